The molecule has 0 fully saturated rings. The highest BCUT2D eigenvalue weighted by atomic mass is 32.2. The van der Waals surface area contributed by atoms with Gasteiger partial charge >= 0.3 is 0 Å². The van der Waals surface area contributed by atoms with Gasteiger partial charge in [-0.1, -0.05) is 12.1 Å². The lowest BCUT2D eigenvalue weighted by Gasteiger charge is -2.10. The molecule has 0 bridgehead atoms. The number of rotatable bonds is 8. The number of benzene rings is 1. The molecule has 1 aromatic carbocycles. The maximum atomic E-state index is 12.1. The van der Waals surface area contributed by atoms with E-state index in [0.717, 1.165) is 5.56 Å². The van der Waals surface area contributed by atoms with Crippen LogP contribution >= 0.6 is 0 Å². The molecular weight excluding hydrogens is 282 g/mol. The van der Waals surface area contributed by atoms with E-state index in [2.05, 4.69) is 4.72 Å². The Hall–Kier alpha value is -1.48. The van der Waals surface area contributed by atoms with Crippen LogP contribution < -0.4 is 16.2 Å². The molecule has 0 saturated heterocycles. The van der Waals surface area contributed by atoms with E-state index in [1.165, 1.54) is 0 Å². The molecule has 0 saturated carbocycles. The predicted octanol–water partition coefficient (Wildman–Crippen LogP) is -0.766. The van der Waals surface area contributed by atoms with Crippen molar-refractivity contribution >= 4 is 15.9 Å². The van der Waals surface area contributed by atoms with Crippen LogP contribution in [0.1, 0.15) is 11.1 Å². The molecule has 20 heavy (non-hydrogen) atoms. The van der Waals surface area contributed by atoms with Crippen molar-refractivity contribution < 1.29 is 17.9 Å². The number of hydrogen-bond donors (Lipinski definition) is 3. The van der Waals surface area contributed by atoms with Crippen LogP contribution in [0.2, 0.25) is 0 Å². The number of nitrogens with one attached hydrogen (secondary N) is 1. The minimum Gasteiger partial charge on any atom is -0.370 e. The first kappa shape index (κ1) is 16.6. The average molecular weight is 301 g/mol. The summed E-state index contributed by atoms with van der Waals surface area (Å²) in [5.41, 5.74) is 11.8. The van der Waals surface area contributed by atoms with E-state index in [4.69, 9.17) is 16.2 Å². The quantitative estimate of drug-likeness (QED) is 0.544. The molecule has 112 valence electrons. The molecule has 0 spiro atoms. The first-order valence-corrected chi connectivity index (χ1v) is 7.50. The number of carbonyl (C=O) groups excluding carboxylic acids is 1. The van der Waals surface area contributed by atoms with Crippen molar-refractivity contribution in [1.29, 1.82) is 0 Å². The normalized spacial score (nSPS) is 11.5. The van der Waals surface area contributed by atoms with Crippen molar-refractivity contribution in [3.8, 4) is 0 Å². The second-order valence-corrected chi connectivity index (χ2v) is 5.96. The summed E-state index contributed by atoms with van der Waals surface area (Å²) >= 11 is 0. The van der Waals surface area contributed by atoms with Crippen LogP contribution in [0.25, 0.3) is 0 Å². The van der Waals surface area contributed by atoms with E-state index in [9.17, 15) is 13.2 Å². The Morgan fingerprint density at radius 3 is 2.70 bits per heavy atom. The molecule has 0 aliphatic heterocycles. The maximum absolute atomic E-state index is 12.1. The lowest BCUT2D eigenvalue weighted by Crippen LogP contribution is -2.29. The summed E-state index contributed by atoms with van der Waals surface area (Å²) in [7, 11) is -3.63. The Morgan fingerprint density at radius 1 is 1.40 bits per heavy atom. The number of ether oxygens (including phenoxy) is 1. The van der Waals surface area contributed by atoms with Gasteiger partial charge in [0.05, 0.1) is 11.5 Å². The number of nitrogens with two attached hydrogens (primary N) is 2. The molecule has 0 radical (unpaired) electrons. The molecule has 0 aliphatic carbocycles. The summed E-state index contributed by atoms with van der Waals surface area (Å²) in [5, 5.41) is 0. The predicted molar refractivity (Wildman–Crippen MR) is 74.3 cm³/mol. The van der Waals surface area contributed by atoms with Gasteiger partial charge in [0.2, 0.25) is 15.9 Å². The van der Waals surface area contributed by atoms with E-state index >= 15 is 0 Å². The molecule has 1 rings (SSSR count). The van der Waals surface area contributed by atoms with E-state index < -0.39 is 15.9 Å². The topological polar surface area (TPSA) is 125 Å². The van der Waals surface area contributed by atoms with Crippen LogP contribution in [0, 0.1) is 6.92 Å². The fraction of sp³-hybridized carbons (Fsp3) is 0.417. The zero-order valence-electron chi connectivity index (χ0n) is 11.3. The first-order valence-electron chi connectivity index (χ1n) is 6.02. The third-order valence-electron chi connectivity index (χ3n) is 2.56. The molecule has 7 nitrogen and oxygen atoms in total. The average Bonchev–Trinajstić information content (AvgIpc) is 2.38. The fourth-order valence-corrected chi connectivity index (χ4v) is 2.87. The zero-order valence-corrected chi connectivity index (χ0v) is 12.1. The van der Waals surface area contributed by atoms with Gasteiger partial charge in [0.1, 0.15) is 6.61 Å². The molecule has 5 N–H and O–H groups in total. The van der Waals surface area contributed by atoms with Crippen LogP contribution in [0.5, 0.6) is 0 Å². The lowest BCUT2D eigenvalue weighted by atomic mass is 10.1. The largest absolute Gasteiger partial charge is 0.370 e. The SMILES string of the molecule is Cc1ccc(CN)cc1S(=O)(=O)NCCOCC(N)=O. The Morgan fingerprint density at radius 2 is 2.10 bits per heavy atom. The number of hydrogen-bond acceptors (Lipinski definition) is 5. The molecule has 0 heterocycles. The monoisotopic (exact) mass is 301 g/mol. The highest BCUT2D eigenvalue weighted by molar-refractivity contribution is 7.89. The molecule has 0 unspecified atom stereocenters. The Kier molecular flexibility index (Phi) is 6.08. The molecular formula is C12H19N3O4S. The van der Waals surface area contributed by atoms with Crippen molar-refractivity contribution in [3.05, 3.63) is 29.3 Å². The summed E-state index contributed by atoms with van der Waals surface area (Å²) in [4.78, 5) is 10.6. The molecule has 0 aliphatic rings. The van der Waals surface area contributed by atoms with Crippen molar-refractivity contribution in [1.82, 2.24) is 4.72 Å². The summed E-state index contributed by atoms with van der Waals surface area (Å²) in [6.07, 6.45) is 0. The van der Waals surface area contributed by atoms with Gasteiger partial charge in [0.25, 0.3) is 0 Å². The van der Waals surface area contributed by atoms with E-state index in [1.807, 2.05) is 0 Å². The summed E-state index contributed by atoms with van der Waals surface area (Å²) in [6.45, 7) is 1.87. The van der Waals surface area contributed by atoms with Gasteiger partial charge in [-0.2, -0.15) is 0 Å². The molecule has 0 aromatic heterocycles. The molecule has 1 amide bonds. The summed E-state index contributed by atoms with van der Waals surface area (Å²) < 4.78 is 31.5. The highest BCUT2D eigenvalue weighted by Gasteiger charge is 2.16. The first-order chi connectivity index (χ1) is 9.36. The smallest absolute Gasteiger partial charge is 0.243 e. The van der Waals surface area contributed by atoms with E-state index in [1.54, 1.807) is 25.1 Å². The van der Waals surface area contributed by atoms with Gasteiger partial charge < -0.3 is 16.2 Å². The second-order valence-electron chi connectivity index (χ2n) is 4.22. The van der Waals surface area contributed by atoms with Gasteiger partial charge in [-0.25, -0.2) is 13.1 Å². The van der Waals surface area contributed by atoms with Gasteiger partial charge in [-0.15, -0.1) is 0 Å². The van der Waals surface area contributed by atoms with Gasteiger partial charge in [0.15, 0.2) is 0 Å². The van der Waals surface area contributed by atoms with Gasteiger partial charge in [0, 0.05) is 13.1 Å². The summed E-state index contributed by atoms with van der Waals surface area (Å²) in [6, 6.07) is 5.03. The van der Waals surface area contributed by atoms with Crippen molar-refractivity contribution in [3.63, 3.8) is 0 Å². The Balaban J connectivity index is 2.67. The molecule has 0 atom stereocenters. The zero-order chi connectivity index (χ0) is 15.2. The van der Waals surface area contributed by atoms with Crippen LogP contribution in [-0.4, -0.2) is 34.1 Å². The molecule has 8 heteroatoms. The van der Waals surface area contributed by atoms with Gasteiger partial charge in [-0.05, 0) is 24.1 Å². The third-order valence-corrected chi connectivity index (χ3v) is 4.16. The third kappa shape index (κ3) is 4.89. The Labute approximate surface area is 118 Å². The summed E-state index contributed by atoms with van der Waals surface area (Å²) in [5.74, 6) is -0.598. The number of sulfonamides is 1. The van der Waals surface area contributed by atoms with Crippen LogP contribution in [-0.2, 0) is 26.1 Å². The number of primary amides is 1. The second kappa shape index (κ2) is 7.34. The minimum atomic E-state index is -3.63. The van der Waals surface area contributed by atoms with Crippen LogP contribution in [0.15, 0.2) is 23.1 Å². The fourth-order valence-electron chi connectivity index (χ4n) is 1.56. The number of aryl methyl sites for hydroxylation is 1. The van der Waals surface area contributed by atoms with Crippen molar-refractivity contribution in [2.75, 3.05) is 19.8 Å². The van der Waals surface area contributed by atoms with E-state index in [0.29, 0.717) is 5.56 Å². The van der Waals surface area contributed by atoms with Gasteiger partial charge in [-0.3, -0.25) is 4.79 Å². The van der Waals surface area contributed by atoms with Crippen molar-refractivity contribution in [2.24, 2.45) is 11.5 Å². The Bertz CT molecular complexity index is 572. The minimum absolute atomic E-state index is 0.0574. The highest BCUT2D eigenvalue weighted by Crippen LogP contribution is 2.16. The molecule has 1 aromatic rings. The number of amides is 1. The lowest BCUT2D eigenvalue weighted by molar-refractivity contribution is -0.122. The van der Waals surface area contributed by atoms with Crippen LogP contribution in [0.4, 0.5) is 0 Å². The van der Waals surface area contributed by atoms with Crippen molar-refractivity contribution in [2.45, 2.75) is 18.4 Å². The maximum Gasteiger partial charge on any atom is 0.243 e. The number of carbonyl (C=O) groups is 1. The standard InChI is InChI=1S/C12H19N3O4S/c1-9-2-3-10(7-13)6-11(9)20(17,18)15-4-5-19-8-12(14)16/h2-3,6,15H,4-5,7-8,13H2,1H3,(H2,14,16). The van der Waals surface area contributed by atoms with Crippen LogP contribution in [0.3, 0.4) is 0 Å². The van der Waals surface area contributed by atoms with E-state index in [-0.39, 0.29) is 31.2 Å².